The van der Waals surface area contributed by atoms with Crippen molar-refractivity contribution in [3.63, 3.8) is 0 Å². The van der Waals surface area contributed by atoms with Gasteiger partial charge in [0.05, 0.1) is 6.61 Å². The van der Waals surface area contributed by atoms with Crippen molar-refractivity contribution in [2.75, 3.05) is 11.9 Å². The molecule has 0 amide bonds. The van der Waals surface area contributed by atoms with Crippen LogP contribution in [0.2, 0.25) is 0 Å². The maximum atomic E-state index is 12.3. The Bertz CT molecular complexity index is 1310. The van der Waals surface area contributed by atoms with Crippen molar-refractivity contribution in [1.29, 1.82) is 0 Å². The summed E-state index contributed by atoms with van der Waals surface area (Å²) in [5.74, 6) is -0.0469. The van der Waals surface area contributed by atoms with Crippen LogP contribution in [0.5, 0.6) is 0 Å². The lowest BCUT2D eigenvalue weighted by atomic mass is 9.96. The van der Waals surface area contributed by atoms with Crippen molar-refractivity contribution in [2.45, 2.75) is 32.7 Å². The number of hydrogen-bond acceptors (Lipinski definition) is 7. The number of nitrogens with zero attached hydrogens (tertiary/aromatic N) is 2. The van der Waals surface area contributed by atoms with Crippen LogP contribution < -0.4 is 11.1 Å². The molecule has 0 saturated carbocycles. The van der Waals surface area contributed by atoms with Crippen molar-refractivity contribution in [3.8, 4) is 22.5 Å². The molecule has 8 nitrogen and oxygen atoms in total. The fraction of sp³-hybridized carbons (Fsp3) is 0.231. The number of carbonyl (C=O) groups excluding carboxylic acids is 1. The van der Waals surface area contributed by atoms with Crippen LogP contribution in [0.15, 0.2) is 76.2 Å². The Kier molecular flexibility index (Phi) is 7.17. The number of aromatic nitrogens is 3. The van der Waals surface area contributed by atoms with Gasteiger partial charge in [0.1, 0.15) is 11.4 Å². The second-order valence-corrected chi connectivity index (χ2v) is 7.76. The Labute approximate surface area is 197 Å². The Balaban J connectivity index is 1.52. The standard InChI is InChI=1S/C26H26N4O4/c1-3-19(28-23-22(10-7-15-27-23)25(31)33-4-2)16-17-11-13-18(14-12-17)20-8-5-6-9-21(20)24-29-26(32)34-30-24/h5-15,19H,3-4,16H2,1-2H3,(H,27,28)(H,29,30,32). The average Bonchev–Trinajstić information content (AvgIpc) is 3.30. The smallest absolute Gasteiger partial charge is 0.439 e. The van der Waals surface area contributed by atoms with Crippen LogP contribution in [0.1, 0.15) is 36.2 Å². The second kappa shape index (κ2) is 10.6. The van der Waals surface area contributed by atoms with Crippen LogP contribution in [0.3, 0.4) is 0 Å². The lowest BCUT2D eigenvalue weighted by Crippen LogP contribution is -2.24. The summed E-state index contributed by atoms with van der Waals surface area (Å²) in [6, 6.07) is 19.5. The highest BCUT2D eigenvalue weighted by Crippen LogP contribution is 2.30. The fourth-order valence-electron chi connectivity index (χ4n) is 3.78. The van der Waals surface area contributed by atoms with E-state index in [0.29, 0.717) is 23.8 Å². The Morgan fingerprint density at radius 1 is 1.06 bits per heavy atom. The van der Waals surface area contributed by atoms with Crippen LogP contribution in [-0.2, 0) is 11.2 Å². The van der Waals surface area contributed by atoms with Gasteiger partial charge in [0.2, 0.25) is 0 Å². The predicted molar refractivity (Wildman–Crippen MR) is 130 cm³/mol. The molecule has 2 heterocycles. The van der Waals surface area contributed by atoms with Gasteiger partial charge < -0.3 is 10.1 Å². The number of aromatic amines is 1. The first-order valence-corrected chi connectivity index (χ1v) is 11.2. The molecule has 1 unspecified atom stereocenters. The highest BCUT2D eigenvalue weighted by molar-refractivity contribution is 5.94. The van der Waals surface area contributed by atoms with Gasteiger partial charge in [-0.2, -0.15) is 0 Å². The van der Waals surface area contributed by atoms with E-state index in [1.54, 1.807) is 25.3 Å². The number of H-pyrrole nitrogens is 1. The number of benzene rings is 2. The number of hydrogen-bond donors (Lipinski definition) is 2. The van der Waals surface area contributed by atoms with E-state index in [1.165, 1.54) is 0 Å². The van der Waals surface area contributed by atoms with Gasteiger partial charge in [0.25, 0.3) is 0 Å². The molecular formula is C26H26N4O4. The molecule has 0 fully saturated rings. The van der Waals surface area contributed by atoms with Gasteiger partial charge in [0.15, 0.2) is 5.82 Å². The number of rotatable bonds is 9. The summed E-state index contributed by atoms with van der Waals surface area (Å²) < 4.78 is 9.82. The zero-order chi connectivity index (χ0) is 23.9. The lowest BCUT2D eigenvalue weighted by Gasteiger charge is -2.19. The molecule has 0 bridgehead atoms. The van der Waals surface area contributed by atoms with Crippen LogP contribution >= 0.6 is 0 Å². The van der Waals surface area contributed by atoms with Crippen molar-refractivity contribution in [2.24, 2.45) is 0 Å². The first kappa shape index (κ1) is 23.0. The summed E-state index contributed by atoms with van der Waals surface area (Å²) >= 11 is 0. The molecule has 174 valence electrons. The zero-order valence-corrected chi connectivity index (χ0v) is 19.1. The minimum absolute atomic E-state index is 0.0846. The molecule has 4 rings (SSSR count). The predicted octanol–water partition coefficient (Wildman–Crippen LogP) is 4.70. The number of carbonyl (C=O) groups is 1. The van der Waals surface area contributed by atoms with Crippen LogP contribution in [0, 0.1) is 0 Å². The van der Waals surface area contributed by atoms with Gasteiger partial charge >= 0.3 is 11.7 Å². The van der Waals surface area contributed by atoms with E-state index in [1.807, 2.05) is 36.4 Å². The van der Waals surface area contributed by atoms with E-state index >= 15 is 0 Å². The topological polar surface area (TPSA) is 110 Å². The maximum Gasteiger partial charge on any atom is 0.439 e. The number of pyridine rings is 1. The molecule has 8 heteroatoms. The molecule has 2 aromatic carbocycles. The van der Waals surface area contributed by atoms with Gasteiger partial charge in [0, 0.05) is 17.8 Å². The molecule has 2 aromatic heterocycles. The number of anilines is 1. The van der Waals surface area contributed by atoms with Crippen molar-refractivity contribution in [1.82, 2.24) is 15.1 Å². The van der Waals surface area contributed by atoms with Crippen molar-refractivity contribution >= 4 is 11.8 Å². The van der Waals surface area contributed by atoms with E-state index in [-0.39, 0.29) is 12.0 Å². The van der Waals surface area contributed by atoms with Crippen LogP contribution in [-0.4, -0.2) is 33.7 Å². The number of esters is 1. The van der Waals surface area contributed by atoms with Gasteiger partial charge in [-0.15, -0.1) is 0 Å². The monoisotopic (exact) mass is 458 g/mol. The van der Waals surface area contributed by atoms with Crippen molar-refractivity contribution in [3.05, 3.63) is 88.5 Å². The summed E-state index contributed by atoms with van der Waals surface area (Å²) in [6.45, 7) is 4.18. The molecule has 34 heavy (non-hydrogen) atoms. The molecule has 0 aliphatic heterocycles. The first-order valence-electron chi connectivity index (χ1n) is 11.2. The summed E-state index contributed by atoms with van der Waals surface area (Å²) in [4.78, 5) is 30.6. The third kappa shape index (κ3) is 5.23. The van der Waals surface area contributed by atoms with Crippen LogP contribution in [0.4, 0.5) is 5.82 Å². The summed E-state index contributed by atoms with van der Waals surface area (Å²) in [7, 11) is 0. The van der Waals surface area contributed by atoms with E-state index < -0.39 is 5.76 Å². The number of nitrogens with one attached hydrogen (secondary N) is 2. The SMILES string of the molecule is CCOC(=O)c1cccnc1NC(CC)Cc1ccc(-c2ccccc2-c2noc(=O)[nH]2)cc1. The minimum atomic E-state index is -0.586. The largest absolute Gasteiger partial charge is 0.462 e. The Morgan fingerprint density at radius 3 is 2.50 bits per heavy atom. The number of ether oxygens (including phenoxy) is 1. The minimum Gasteiger partial charge on any atom is -0.462 e. The van der Waals surface area contributed by atoms with Gasteiger partial charge in [-0.1, -0.05) is 60.6 Å². The normalized spacial score (nSPS) is 11.7. The molecule has 4 aromatic rings. The van der Waals surface area contributed by atoms with E-state index in [2.05, 4.69) is 44.0 Å². The molecule has 0 spiro atoms. The molecule has 1 atom stereocenters. The third-order valence-electron chi connectivity index (χ3n) is 5.51. The molecule has 0 radical (unpaired) electrons. The van der Waals surface area contributed by atoms with Crippen LogP contribution in [0.25, 0.3) is 22.5 Å². The summed E-state index contributed by atoms with van der Waals surface area (Å²) in [6.07, 6.45) is 3.27. The summed E-state index contributed by atoms with van der Waals surface area (Å²) in [5, 5.41) is 7.22. The molecular weight excluding hydrogens is 432 g/mol. The van der Waals surface area contributed by atoms with Gasteiger partial charge in [-0.25, -0.2) is 14.6 Å². The molecule has 0 saturated heterocycles. The van der Waals surface area contributed by atoms with E-state index in [0.717, 1.165) is 35.1 Å². The van der Waals surface area contributed by atoms with Crippen molar-refractivity contribution < 1.29 is 14.1 Å². The highest BCUT2D eigenvalue weighted by atomic mass is 16.5. The summed E-state index contributed by atoms with van der Waals surface area (Å²) in [5.41, 5.74) is 4.30. The third-order valence-corrected chi connectivity index (χ3v) is 5.51. The molecule has 2 N–H and O–H groups in total. The first-order chi connectivity index (χ1) is 16.6. The lowest BCUT2D eigenvalue weighted by molar-refractivity contribution is 0.0527. The highest BCUT2D eigenvalue weighted by Gasteiger charge is 2.17. The maximum absolute atomic E-state index is 12.3. The molecule has 0 aliphatic rings. The zero-order valence-electron chi connectivity index (χ0n) is 19.1. The van der Waals surface area contributed by atoms with E-state index in [4.69, 9.17) is 4.74 Å². The van der Waals surface area contributed by atoms with Gasteiger partial charge in [-0.05, 0) is 48.6 Å². The fourth-order valence-corrected chi connectivity index (χ4v) is 3.78. The quantitative estimate of drug-likeness (QED) is 0.350. The Hall–Kier alpha value is -4.20. The molecule has 0 aliphatic carbocycles. The Morgan fingerprint density at radius 2 is 1.82 bits per heavy atom. The van der Waals surface area contributed by atoms with Gasteiger partial charge in [-0.3, -0.25) is 9.51 Å². The second-order valence-electron chi connectivity index (χ2n) is 7.76. The average molecular weight is 459 g/mol. The van der Waals surface area contributed by atoms with E-state index in [9.17, 15) is 9.59 Å².